The maximum atomic E-state index is 14.0. The first-order valence-corrected chi connectivity index (χ1v) is 15.4. The number of pyridine rings is 1. The molecule has 46 heavy (non-hydrogen) atoms. The number of aromatic nitrogens is 1. The summed E-state index contributed by atoms with van der Waals surface area (Å²) in [7, 11) is 1.57. The van der Waals surface area contributed by atoms with E-state index in [1.54, 1.807) is 30.1 Å². The molecule has 10 nitrogen and oxygen atoms in total. The summed E-state index contributed by atoms with van der Waals surface area (Å²) in [5.74, 6) is -2.11. The number of halogens is 4. The highest BCUT2D eigenvalue weighted by Crippen LogP contribution is 2.45. The fourth-order valence-corrected chi connectivity index (χ4v) is 7.76. The van der Waals surface area contributed by atoms with E-state index in [0.717, 1.165) is 17.0 Å². The minimum absolute atomic E-state index is 0.0615. The minimum atomic E-state index is -4.66. The van der Waals surface area contributed by atoms with Crippen LogP contribution in [0.15, 0.2) is 43.0 Å². The maximum Gasteiger partial charge on any atom is 0.416 e. The van der Waals surface area contributed by atoms with E-state index in [2.05, 4.69) is 22.5 Å². The Bertz CT molecular complexity index is 1650. The van der Waals surface area contributed by atoms with Crippen molar-refractivity contribution < 1.29 is 27.6 Å². The highest BCUT2D eigenvalue weighted by atomic mass is 35.5. The molecule has 242 valence electrons. The molecular weight excluding hydrogens is 623 g/mol. The van der Waals surface area contributed by atoms with Crippen LogP contribution >= 0.6 is 11.6 Å². The average molecular weight is 656 g/mol. The molecule has 0 bridgehead atoms. The van der Waals surface area contributed by atoms with Gasteiger partial charge in [-0.3, -0.25) is 24.2 Å². The Balaban J connectivity index is 1.29. The summed E-state index contributed by atoms with van der Waals surface area (Å²) >= 11 is 6.75. The molecule has 0 N–H and O–H groups in total. The zero-order valence-electron chi connectivity index (χ0n) is 25.4. The van der Waals surface area contributed by atoms with E-state index < -0.39 is 35.5 Å². The second-order valence-electron chi connectivity index (χ2n) is 12.7. The van der Waals surface area contributed by atoms with Crippen molar-refractivity contribution >= 4 is 46.5 Å². The predicted molar refractivity (Wildman–Crippen MR) is 165 cm³/mol. The third-order valence-electron chi connectivity index (χ3n) is 9.68. The summed E-state index contributed by atoms with van der Waals surface area (Å²) in [6.07, 6.45) is -3.44. The lowest BCUT2D eigenvalue weighted by molar-refractivity contribution is -0.138. The number of nitriles is 1. The van der Waals surface area contributed by atoms with Gasteiger partial charge in [-0.2, -0.15) is 18.4 Å². The predicted octanol–water partition coefficient (Wildman–Crippen LogP) is 3.74. The first kappa shape index (κ1) is 31.8. The molecule has 6 rings (SSSR count). The van der Waals surface area contributed by atoms with Crippen LogP contribution in [0.1, 0.15) is 17.7 Å². The smallest absolute Gasteiger partial charge is 0.367 e. The normalized spacial score (nSPS) is 24.3. The van der Waals surface area contributed by atoms with Gasteiger partial charge in [0.15, 0.2) is 0 Å². The number of alkyl halides is 3. The van der Waals surface area contributed by atoms with Crippen LogP contribution in [0, 0.1) is 35.5 Å². The number of para-hydroxylation sites is 1. The van der Waals surface area contributed by atoms with E-state index in [1.165, 1.54) is 17.9 Å². The summed E-state index contributed by atoms with van der Waals surface area (Å²) in [5.41, 5.74) is -0.0534. The van der Waals surface area contributed by atoms with Crippen molar-refractivity contribution in [1.82, 2.24) is 14.8 Å². The van der Waals surface area contributed by atoms with Gasteiger partial charge in [0.25, 0.3) is 0 Å². The van der Waals surface area contributed by atoms with Gasteiger partial charge in [0.1, 0.15) is 11.9 Å². The lowest BCUT2D eigenvalue weighted by atomic mass is 9.72. The average Bonchev–Trinajstić information content (AvgIpc) is 3.53. The Labute approximate surface area is 269 Å². The second kappa shape index (κ2) is 11.6. The van der Waals surface area contributed by atoms with Crippen molar-refractivity contribution in [2.45, 2.75) is 25.6 Å². The number of hydrogen-bond acceptors (Lipinski definition) is 7. The first-order chi connectivity index (χ1) is 21.8. The quantitative estimate of drug-likeness (QED) is 0.452. The summed E-state index contributed by atoms with van der Waals surface area (Å²) in [5, 5.41) is 10.3. The third kappa shape index (κ3) is 5.37. The number of rotatable bonds is 5. The number of hydrogen-bond donors (Lipinski definition) is 0. The molecule has 5 heterocycles. The second-order valence-corrected chi connectivity index (χ2v) is 13.1. The zero-order chi connectivity index (χ0) is 33.1. The van der Waals surface area contributed by atoms with Crippen molar-refractivity contribution in [2.75, 3.05) is 67.6 Å². The van der Waals surface area contributed by atoms with Crippen LogP contribution in [-0.4, -0.2) is 91.4 Å². The molecule has 3 saturated heterocycles. The molecule has 1 spiro atoms. The number of carbonyl (C=O) groups excluding carboxylic acids is 3. The Hall–Kier alpha value is -4.15. The minimum Gasteiger partial charge on any atom is -0.367 e. The highest BCUT2D eigenvalue weighted by Gasteiger charge is 2.55. The molecule has 0 unspecified atom stereocenters. The largest absolute Gasteiger partial charge is 0.416 e. The Morgan fingerprint density at radius 1 is 1.20 bits per heavy atom. The van der Waals surface area contributed by atoms with Crippen LogP contribution in [0.3, 0.4) is 0 Å². The molecule has 1 aromatic heterocycles. The zero-order valence-corrected chi connectivity index (χ0v) is 26.2. The van der Waals surface area contributed by atoms with Gasteiger partial charge in [0.05, 0.1) is 33.9 Å². The fraction of sp³-hybridized carbons (Fsp3) is 0.469. The molecule has 4 aliphatic heterocycles. The van der Waals surface area contributed by atoms with Crippen molar-refractivity contribution in [1.29, 1.82) is 5.26 Å². The number of likely N-dealkylation sites (tertiary alicyclic amines) is 2. The van der Waals surface area contributed by atoms with Crippen LogP contribution in [0.4, 0.5) is 30.4 Å². The maximum absolute atomic E-state index is 14.0. The van der Waals surface area contributed by atoms with Gasteiger partial charge in [-0.1, -0.05) is 24.2 Å². The van der Waals surface area contributed by atoms with Crippen molar-refractivity contribution in [3.8, 4) is 6.07 Å². The summed E-state index contributed by atoms with van der Waals surface area (Å²) in [6.45, 7) is 8.34. The number of fused-ring (bicyclic) bond motifs is 2. The van der Waals surface area contributed by atoms with Gasteiger partial charge in [-0.15, -0.1) is 0 Å². The summed E-state index contributed by atoms with van der Waals surface area (Å²) in [6, 6.07) is 8.26. The molecule has 1 aromatic carbocycles. The molecule has 3 fully saturated rings. The van der Waals surface area contributed by atoms with Crippen molar-refractivity contribution in [2.24, 2.45) is 17.3 Å². The molecule has 2 aromatic rings. The molecule has 0 radical (unpaired) electrons. The van der Waals surface area contributed by atoms with E-state index in [0.29, 0.717) is 55.7 Å². The van der Waals surface area contributed by atoms with E-state index in [-0.39, 0.29) is 41.7 Å². The van der Waals surface area contributed by atoms with Gasteiger partial charge in [0, 0.05) is 76.3 Å². The topological polar surface area (TPSA) is 104 Å². The molecule has 3 amide bonds. The number of benzene rings is 1. The van der Waals surface area contributed by atoms with Gasteiger partial charge in [0.2, 0.25) is 17.7 Å². The first-order valence-electron chi connectivity index (χ1n) is 15.0. The number of anilines is 3. The molecule has 4 aliphatic rings. The standard InChI is InChI=1S/C32H33ClF3N7O3/c1-4-26(44)42-17-31(18-42)16-40(15-22(31)13-37)8-9-41-14-20-11-27(45)43(25-12-21(32(34,35)36)10-19(2)38-25)28(20)30(46)39(3)24-7-5-6-23(33)29(24)41/h4-7,10,12,20,22,28H,1,8-9,11,14-18H2,2-3H3/t20-,22-,28+/m1/s1. The Morgan fingerprint density at radius 3 is 2.61 bits per heavy atom. The van der Waals surface area contributed by atoms with E-state index >= 15 is 0 Å². The molecule has 14 heteroatoms. The monoisotopic (exact) mass is 655 g/mol. The number of aryl methyl sites for hydroxylation is 1. The van der Waals surface area contributed by atoms with E-state index in [4.69, 9.17) is 11.6 Å². The highest BCUT2D eigenvalue weighted by molar-refractivity contribution is 6.34. The van der Waals surface area contributed by atoms with E-state index in [1.807, 2.05) is 4.90 Å². The molecule has 0 aliphatic carbocycles. The summed E-state index contributed by atoms with van der Waals surface area (Å²) < 4.78 is 41.1. The number of likely N-dealkylation sites (N-methyl/N-ethyl adjacent to an activating group) is 1. The Kier molecular flexibility index (Phi) is 8.01. The Morgan fingerprint density at radius 2 is 1.93 bits per heavy atom. The summed E-state index contributed by atoms with van der Waals surface area (Å²) in [4.78, 5) is 52.3. The fourth-order valence-electron chi connectivity index (χ4n) is 7.47. The van der Waals surface area contributed by atoms with Crippen LogP contribution in [0.25, 0.3) is 0 Å². The van der Waals surface area contributed by atoms with Gasteiger partial charge >= 0.3 is 6.18 Å². The lowest BCUT2D eigenvalue weighted by Crippen LogP contribution is -2.61. The SMILES string of the molecule is C=CC(=O)N1CC2(CN(CCN3C[C@H]4CC(=O)N(c5cc(C(F)(F)F)cc(C)n5)[C@@H]4C(=O)N(C)c4cccc(Cl)c43)C[C@H]2C#N)C1. The number of carbonyl (C=O) groups is 3. The lowest BCUT2D eigenvalue weighted by Gasteiger charge is -2.49. The van der Waals surface area contributed by atoms with Crippen molar-refractivity contribution in [3.63, 3.8) is 0 Å². The van der Waals surface area contributed by atoms with E-state index in [9.17, 15) is 32.8 Å². The van der Waals surface area contributed by atoms with Crippen LogP contribution in [0.2, 0.25) is 5.02 Å². The van der Waals surface area contributed by atoms with Gasteiger partial charge < -0.3 is 14.7 Å². The number of amides is 3. The van der Waals surface area contributed by atoms with Crippen LogP contribution < -0.4 is 14.7 Å². The van der Waals surface area contributed by atoms with Crippen LogP contribution in [0.5, 0.6) is 0 Å². The molecule has 0 saturated carbocycles. The van der Waals surface area contributed by atoms with Crippen molar-refractivity contribution in [3.05, 3.63) is 59.3 Å². The van der Waals surface area contributed by atoms with Crippen LogP contribution in [-0.2, 0) is 20.6 Å². The molecule has 3 atom stereocenters. The molecular formula is C32H33ClF3N7O3. The van der Waals surface area contributed by atoms with Gasteiger partial charge in [-0.25, -0.2) is 4.98 Å². The number of nitrogens with zero attached hydrogens (tertiary/aromatic N) is 7. The van der Waals surface area contributed by atoms with Gasteiger partial charge in [-0.05, 0) is 37.3 Å². The third-order valence-corrected chi connectivity index (χ3v) is 9.99.